The molecular weight excluding hydrogens is 349 g/mol. The van der Waals surface area contributed by atoms with E-state index in [2.05, 4.69) is 15.3 Å². The van der Waals surface area contributed by atoms with Crippen LogP contribution in [0.5, 0.6) is 0 Å². The summed E-state index contributed by atoms with van der Waals surface area (Å²) in [7, 11) is 1.40. The van der Waals surface area contributed by atoms with Crippen molar-refractivity contribution < 1.29 is 18.7 Å². The molecule has 140 valence electrons. The van der Waals surface area contributed by atoms with Gasteiger partial charge in [-0.1, -0.05) is 18.2 Å². The first-order chi connectivity index (χ1) is 13.0. The minimum Gasteiger partial charge on any atom is -0.469 e. The second-order valence-corrected chi connectivity index (χ2v) is 7.42. The maximum Gasteiger partial charge on any atom is 0.312 e. The molecule has 6 nitrogen and oxygen atoms in total. The second kappa shape index (κ2) is 6.72. The molecule has 1 aliphatic carbocycles. The van der Waals surface area contributed by atoms with Gasteiger partial charge in [0, 0.05) is 18.0 Å². The Labute approximate surface area is 156 Å². The summed E-state index contributed by atoms with van der Waals surface area (Å²) in [5.41, 5.74) is 1.07. The summed E-state index contributed by atoms with van der Waals surface area (Å²) in [6.07, 6.45) is 4.44. The van der Waals surface area contributed by atoms with E-state index in [1.54, 1.807) is 0 Å². The Balaban J connectivity index is 1.61. The summed E-state index contributed by atoms with van der Waals surface area (Å²) in [5, 5.41) is 2.98. The molecule has 1 aromatic carbocycles. The third-order valence-electron chi connectivity index (χ3n) is 5.59. The van der Waals surface area contributed by atoms with E-state index in [4.69, 9.17) is 4.74 Å². The number of methoxy groups -OCH3 is 1. The summed E-state index contributed by atoms with van der Waals surface area (Å²) in [6.45, 7) is 0. The predicted molar refractivity (Wildman–Crippen MR) is 94.9 cm³/mol. The Kier molecular flexibility index (Phi) is 4.37. The van der Waals surface area contributed by atoms with Crippen LogP contribution in [0, 0.1) is 17.2 Å². The number of carbonyl (C=O) groups is 2. The van der Waals surface area contributed by atoms with Gasteiger partial charge in [0.15, 0.2) is 11.6 Å². The summed E-state index contributed by atoms with van der Waals surface area (Å²) in [5.74, 6) is -0.0752. The minimum absolute atomic E-state index is 0.0280. The van der Waals surface area contributed by atoms with Crippen molar-refractivity contribution in [3.63, 3.8) is 0 Å². The van der Waals surface area contributed by atoms with Crippen LogP contribution >= 0.6 is 0 Å². The highest BCUT2D eigenvalue weighted by Gasteiger charge is 2.53. The number of ether oxygens (including phenoxy) is 1. The normalized spacial score (nSPS) is 26.5. The molecule has 7 heteroatoms. The Morgan fingerprint density at radius 1 is 1.33 bits per heavy atom. The van der Waals surface area contributed by atoms with E-state index in [1.165, 1.54) is 7.11 Å². The van der Waals surface area contributed by atoms with Gasteiger partial charge in [-0.15, -0.1) is 0 Å². The second-order valence-electron chi connectivity index (χ2n) is 7.42. The molecule has 1 aromatic heterocycles. The van der Waals surface area contributed by atoms with Crippen LogP contribution in [-0.2, 0) is 20.7 Å². The van der Waals surface area contributed by atoms with Crippen molar-refractivity contribution in [2.75, 3.05) is 7.11 Å². The summed E-state index contributed by atoms with van der Waals surface area (Å²) in [4.78, 5) is 32.3. The van der Waals surface area contributed by atoms with Crippen molar-refractivity contribution in [3.05, 3.63) is 48.0 Å². The molecule has 2 heterocycles. The summed E-state index contributed by atoms with van der Waals surface area (Å²) < 4.78 is 18.2. The Morgan fingerprint density at radius 3 is 2.81 bits per heavy atom. The third kappa shape index (κ3) is 3.29. The van der Waals surface area contributed by atoms with Crippen LogP contribution in [-0.4, -0.2) is 35.0 Å². The first-order valence-corrected chi connectivity index (χ1v) is 8.94. The van der Waals surface area contributed by atoms with Crippen LogP contribution in [0.1, 0.15) is 24.8 Å². The van der Waals surface area contributed by atoms with Gasteiger partial charge in [0.25, 0.3) is 0 Å². The van der Waals surface area contributed by atoms with Crippen molar-refractivity contribution in [1.29, 1.82) is 0 Å². The molecule has 0 unspecified atom stereocenters. The fraction of sp³-hybridized carbons (Fsp3) is 0.400. The van der Waals surface area contributed by atoms with Crippen LogP contribution in [0.2, 0.25) is 0 Å². The fourth-order valence-corrected chi connectivity index (χ4v) is 4.47. The third-order valence-corrected chi connectivity index (χ3v) is 5.59. The first-order valence-electron chi connectivity index (χ1n) is 8.94. The molecule has 1 N–H and O–H groups in total. The first kappa shape index (κ1) is 17.6. The average molecular weight is 369 g/mol. The van der Waals surface area contributed by atoms with E-state index in [0.29, 0.717) is 31.5 Å². The number of esters is 1. The van der Waals surface area contributed by atoms with Crippen LogP contribution in [0.15, 0.2) is 36.7 Å². The maximum atomic E-state index is 13.1. The van der Waals surface area contributed by atoms with Gasteiger partial charge in [-0.2, -0.15) is 0 Å². The number of aromatic nitrogens is 2. The van der Waals surface area contributed by atoms with Crippen LogP contribution < -0.4 is 5.32 Å². The van der Waals surface area contributed by atoms with Gasteiger partial charge in [-0.3, -0.25) is 9.59 Å². The lowest BCUT2D eigenvalue weighted by molar-refractivity contribution is -0.153. The fourth-order valence-electron chi connectivity index (χ4n) is 4.47. The molecule has 1 aliphatic heterocycles. The van der Waals surface area contributed by atoms with Gasteiger partial charge < -0.3 is 10.1 Å². The van der Waals surface area contributed by atoms with Gasteiger partial charge in [-0.25, -0.2) is 14.4 Å². The number of rotatable bonds is 4. The lowest BCUT2D eigenvalue weighted by atomic mass is 9.78. The molecule has 2 aromatic rings. The molecule has 3 atom stereocenters. The molecule has 2 aliphatic rings. The lowest BCUT2D eigenvalue weighted by Gasteiger charge is -2.27. The zero-order valence-corrected chi connectivity index (χ0v) is 14.9. The molecule has 2 fully saturated rings. The smallest absolute Gasteiger partial charge is 0.312 e. The van der Waals surface area contributed by atoms with E-state index in [0.717, 1.165) is 23.5 Å². The number of fused-ring (bicyclic) bond motifs is 1. The quantitative estimate of drug-likeness (QED) is 0.837. The van der Waals surface area contributed by atoms with E-state index < -0.39 is 11.2 Å². The van der Waals surface area contributed by atoms with Crippen LogP contribution in [0.3, 0.4) is 0 Å². The highest BCUT2D eigenvalue weighted by molar-refractivity contribution is 5.82. The van der Waals surface area contributed by atoms with Crippen LogP contribution in [0.25, 0.3) is 11.4 Å². The Hall–Kier alpha value is -2.83. The molecule has 1 amide bonds. The topological polar surface area (TPSA) is 81.2 Å². The number of amides is 1. The minimum atomic E-state index is -0.653. The van der Waals surface area contributed by atoms with E-state index in [-0.39, 0.29) is 23.8 Å². The monoisotopic (exact) mass is 369 g/mol. The Bertz CT molecular complexity index is 868. The number of nitrogens with one attached hydrogen (secondary N) is 1. The molecule has 27 heavy (non-hydrogen) atoms. The number of carbonyl (C=O) groups excluding carboxylic acids is 2. The number of nitrogens with zero attached hydrogens (tertiary/aromatic N) is 2. The van der Waals surface area contributed by atoms with Crippen molar-refractivity contribution in [3.8, 4) is 11.4 Å². The number of benzene rings is 1. The predicted octanol–water partition coefficient (Wildman–Crippen LogP) is 2.28. The van der Waals surface area contributed by atoms with E-state index in [1.807, 2.05) is 24.3 Å². The summed E-state index contributed by atoms with van der Waals surface area (Å²) in [6, 6.07) is 7.63. The van der Waals surface area contributed by atoms with Crippen LogP contribution in [0.4, 0.5) is 4.39 Å². The molecule has 0 bridgehead atoms. The van der Waals surface area contributed by atoms with Crippen molar-refractivity contribution in [2.45, 2.75) is 31.7 Å². The highest BCUT2D eigenvalue weighted by Crippen LogP contribution is 2.48. The zero-order valence-electron chi connectivity index (χ0n) is 14.9. The molecule has 0 spiro atoms. The van der Waals surface area contributed by atoms with Gasteiger partial charge >= 0.3 is 5.97 Å². The zero-order chi connectivity index (χ0) is 19.0. The van der Waals surface area contributed by atoms with Gasteiger partial charge in [0.05, 0.1) is 24.9 Å². The SMILES string of the molecule is COC(=O)[C@@]1(Cc2cccc(-c3ncc(F)cn3)c2)C[C@@H]2CC(=O)N[C@H]2C1. The molecule has 0 radical (unpaired) electrons. The average Bonchev–Trinajstić information content (AvgIpc) is 3.16. The standard InChI is InChI=1S/C20H20FN3O3/c1-27-19(26)20(8-14-6-17(25)24-16(14)9-20)7-12-3-2-4-13(5-12)18-22-10-15(21)11-23-18/h2-5,10-11,14,16H,6-9H2,1H3,(H,24,25)/t14-,16-,20-/m0/s1. The molecule has 1 saturated heterocycles. The largest absolute Gasteiger partial charge is 0.469 e. The maximum absolute atomic E-state index is 13.1. The van der Waals surface area contributed by atoms with Crippen molar-refractivity contribution in [2.24, 2.45) is 11.3 Å². The van der Waals surface area contributed by atoms with E-state index >= 15 is 0 Å². The molecular formula is C20H20FN3O3. The molecule has 4 rings (SSSR count). The Morgan fingerprint density at radius 2 is 2.11 bits per heavy atom. The number of hydrogen-bond acceptors (Lipinski definition) is 5. The van der Waals surface area contributed by atoms with Gasteiger partial charge in [-0.05, 0) is 36.8 Å². The summed E-state index contributed by atoms with van der Waals surface area (Å²) >= 11 is 0. The van der Waals surface area contributed by atoms with Crippen molar-refractivity contribution >= 4 is 11.9 Å². The molecule has 1 saturated carbocycles. The van der Waals surface area contributed by atoms with E-state index in [9.17, 15) is 14.0 Å². The number of hydrogen-bond donors (Lipinski definition) is 1. The lowest BCUT2D eigenvalue weighted by Crippen LogP contribution is -2.36. The van der Waals surface area contributed by atoms with Crippen molar-refractivity contribution in [1.82, 2.24) is 15.3 Å². The number of halogens is 1. The van der Waals surface area contributed by atoms with Gasteiger partial charge in [0.1, 0.15) is 0 Å². The van der Waals surface area contributed by atoms with Gasteiger partial charge in [0.2, 0.25) is 5.91 Å². The highest BCUT2D eigenvalue weighted by atomic mass is 19.1.